The molecule has 0 aliphatic carbocycles. The molecule has 3 rings (SSSR count). The van der Waals surface area contributed by atoms with Gasteiger partial charge in [0, 0.05) is 0 Å². The molecular weight excluding hydrogens is 459 g/mol. The predicted molar refractivity (Wildman–Crippen MR) is 132 cm³/mol. The number of benzene rings is 3. The molecule has 0 aromatic heterocycles. The van der Waals surface area contributed by atoms with Crippen molar-refractivity contribution in [2.75, 3.05) is 4.62 Å². The zero-order valence-corrected chi connectivity index (χ0v) is 21.5. The van der Waals surface area contributed by atoms with Crippen molar-refractivity contribution in [2.45, 2.75) is 72.6 Å². The van der Waals surface area contributed by atoms with Crippen LogP contribution in [0.15, 0.2) is 54.6 Å². The number of rotatable bonds is 12. The molecule has 2 heteroatoms. The molecule has 0 aliphatic rings. The molecule has 3 aromatic rings. The van der Waals surface area contributed by atoms with Crippen molar-refractivity contribution in [3.8, 4) is 5.75 Å². The standard InChI is InChI=1S/C15H11O.3C4H9.Sn/c1-16-15-10-11-6-2-3-7-12(11)13-8-4-5-9-14(13)15;3*1-3-4-2;/h2-10H,1H2;3*1,3-4H2,2H3;. The van der Waals surface area contributed by atoms with Crippen LogP contribution in [0.5, 0.6) is 5.75 Å². The third-order valence-electron chi connectivity index (χ3n) is 6.45. The second-order valence-electron chi connectivity index (χ2n) is 8.74. The first kappa shape index (κ1) is 22.5. The molecule has 0 unspecified atom stereocenters. The number of hydrogen-bond donors (Lipinski definition) is 0. The number of fused-ring (bicyclic) bond motifs is 3. The fourth-order valence-electron chi connectivity index (χ4n) is 4.62. The average molecular weight is 497 g/mol. The third-order valence-corrected chi connectivity index (χ3v) is 20.7. The fraction of sp³-hybridized carbons (Fsp3) is 0.481. The Hall–Kier alpha value is -1.22. The van der Waals surface area contributed by atoms with E-state index < -0.39 is 18.4 Å². The molecule has 1 nitrogen and oxygen atoms in total. The van der Waals surface area contributed by atoms with Crippen molar-refractivity contribution in [1.29, 1.82) is 0 Å². The molecule has 0 saturated carbocycles. The Balaban J connectivity index is 1.93. The van der Waals surface area contributed by atoms with Gasteiger partial charge in [-0.25, -0.2) is 0 Å². The number of unbranched alkanes of at least 4 members (excludes halogenated alkanes) is 3. The molecule has 0 N–H and O–H groups in total. The van der Waals surface area contributed by atoms with Gasteiger partial charge in [-0.15, -0.1) is 0 Å². The van der Waals surface area contributed by atoms with E-state index in [9.17, 15) is 0 Å². The van der Waals surface area contributed by atoms with Gasteiger partial charge >= 0.3 is 182 Å². The molecule has 0 saturated heterocycles. The zero-order valence-electron chi connectivity index (χ0n) is 18.7. The quantitative estimate of drug-likeness (QED) is 0.180. The SMILES string of the molecule is CCC[CH2][Sn]([CH2]CCC)([CH2]CCC)[CH2]Oc1cc2ccccc2c2ccccc12. The van der Waals surface area contributed by atoms with E-state index in [1.807, 2.05) is 0 Å². The summed E-state index contributed by atoms with van der Waals surface area (Å²) in [6.07, 6.45) is 8.13. The van der Waals surface area contributed by atoms with Crippen LogP contribution in [-0.2, 0) is 0 Å². The van der Waals surface area contributed by atoms with Crippen LogP contribution in [0.2, 0.25) is 13.3 Å². The Kier molecular flexibility index (Phi) is 8.71. The van der Waals surface area contributed by atoms with E-state index in [0.29, 0.717) is 0 Å². The van der Waals surface area contributed by atoms with E-state index in [1.54, 1.807) is 0 Å². The summed E-state index contributed by atoms with van der Waals surface area (Å²) in [5.41, 5.74) is 0. The molecule has 0 aliphatic heterocycles. The molecule has 0 fully saturated rings. The van der Waals surface area contributed by atoms with Crippen molar-refractivity contribution < 1.29 is 4.74 Å². The predicted octanol–water partition coefficient (Wildman–Crippen LogP) is 8.76. The van der Waals surface area contributed by atoms with Crippen LogP contribution in [0, 0.1) is 0 Å². The molecule has 29 heavy (non-hydrogen) atoms. The van der Waals surface area contributed by atoms with Crippen LogP contribution in [-0.4, -0.2) is 23.0 Å². The Morgan fingerprint density at radius 3 is 1.76 bits per heavy atom. The Morgan fingerprint density at radius 1 is 0.655 bits per heavy atom. The topological polar surface area (TPSA) is 9.23 Å². The monoisotopic (exact) mass is 498 g/mol. The van der Waals surface area contributed by atoms with Gasteiger partial charge < -0.3 is 0 Å². The van der Waals surface area contributed by atoms with Gasteiger partial charge in [0.1, 0.15) is 0 Å². The summed E-state index contributed by atoms with van der Waals surface area (Å²) in [5.74, 6) is 1.10. The van der Waals surface area contributed by atoms with Gasteiger partial charge in [-0.1, -0.05) is 0 Å². The van der Waals surface area contributed by atoms with E-state index in [1.165, 1.54) is 73.4 Å². The first-order valence-electron chi connectivity index (χ1n) is 11.8. The maximum absolute atomic E-state index is 6.78. The van der Waals surface area contributed by atoms with Crippen molar-refractivity contribution >= 4 is 39.9 Å². The van der Waals surface area contributed by atoms with Gasteiger partial charge in [-0.3, -0.25) is 0 Å². The molecule has 0 spiro atoms. The van der Waals surface area contributed by atoms with Crippen LogP contribution in [0.25, 0.3) is 21.5 Å². The van der Waals surface area contributed by atoms with E-state index in [4.69, 9.17) is 4.74 Å². The van der Waals surface area contributed by atoms with Crippen molar-refractivity contribution in [2.24, 2.45) is 0 Å². The van der Waals surface area contributed by atoms with Crippen LogP contribution in [0.4, 0.5) is 0 Å². The summed E-state index contributed by atoms with van der Waals surface area (Å²) in [7, 11) is 0. The Labute approximate surface area is 181 Å². The third kappa shape index (κ3) is 5.68. The first-order chi connectivity index (χ1) is 14.2. The van der Waals surface area contributed by atoms with Gasteiger partial charge in [0.15, 0.2) is 0 Å². The zero-order chi connectivity index (χ0) is 20.5. The van der Waals surface area contributed by atoms with Gasteiger partial charge in [0.2, 0.25) is 0 Å². The molecule has 0 amide bonds. The molecule has 0 atom stereocenters. The minimum absolute atomic E-state index is 1.05. The van der Waals surface area contributed by atoms with E-state index in [2.05, 4.69) is 75.4 Å². The molecule has 0 heterocycles. The maximum atomic E-state index is 6.78. The fourth-order valence-corrected chi connectivity index (χ4v) is 18.8. The summed E-state index contributed by atoms with van der Waals surface area (Å²) in [4.78, 5) is 0. The summed E-state index contributed by atoms with van der Waals surface area (Å²) < 4.78 is 12.3. The average Bonchev–Trinajstić information content (AvgIpc) is 2.78. The normalized spacial score (nSPS) is 12.0. The Bertz CT molecular complexity index is 880. The van der Waals surface area contributed by atoms with Gasteiger partial charge in [0.05, 0.1) is 0 Å². The van der Waals surface area contributed by atoms with E-state index in [-0.39, 0.29) is 0 Å². The molecule has 0 bridgehead atoms. The summed E-state index contributed by atoms with van der Waals surface area (Å²) in [5, 5.41) is 5.20. The minimum atomic E-state index is -2.31. The van der Waals surface area contributed by atoms with Crippen molar-refractivity contribution in [1.82, 2.24) is 0 Å². The van der Waals surface area contributed by atoms with Crippen LogP contribution >= 0.6 is 0 Å². The summed E-state index contributed by atoms with van der Waals surface area (Å²) >= 11 is -2.31. The van der Waals surface area contributed by atoms with Gasteiger partial charge in [0.25, 0.3) is 0 Å². The molecule has 156 valence electrons. The van der Waals surface area contributed by atoms with Crippen LogP contribution in [0.1, 0.15) is 59.3 Å². The summed E-state index contributed by atoms with van der Waals surface area (Å²) in [6, 6.07) is 19.8. The van der Waals surface area contributed by atoms with E-state index in [0.717, 1.165) is 10.4 Å². The molecular formula is C27H38OSn. The van der Waals surface area contributed by atoms with Gasteiger partial charge in [-0.2, -0.15) is 0 Å². The van der Waals surface area contributed by atoms with Crippen LogP contribution in [0.3, 0.4) is 0 Å². The second kappa shape index (κ2) is 11.2. The molecule has 3 aromatic carbocycles. The van der Waals surface area contributed by atoms with Crippen molar-refractivity contribution in [3.63, 3.8) is 0 Å². The van der Waals surface area contributed by atoms with Crippen LogP contribution < -0.4 is 4.74 Å². The van der Waals surface area contributed by atoms with Crippen molar-refractivity contribution in [3.05, 3.63) is 54.6 Å². The number of ether oxygens (including phenoxy) is 1. The number of hydrogen-bond acceptors (Lipinski definition) is 1. The summed E-state index contributed by atoms with van der Waals surface area (Å²) in [6.45, 7) is 7.02. The second-order valence-corrected chi connectivity index (χ2v) is 22.4. The van der Waals surface area contributed by atoms with Gasteiger partial charge in [-0.05, 0) is 0 Å². The first-order valence-corrected chi connectivity index (χ1v) is 19.8. The molecule has 0 radical (unpaired) electrons. The van der Waals surface area contributed by atoms with E-state index >= 15 is 0 Å². The Morgan fingerprint density at radius 2 is 1.17 bits per heavy atom.